The van der Waals surface area contributed by atoms with Crippen LogP contribution in [0.3, 0.4) is 0 Å². The van der Waals surface area contributed by atoms with Crippen LogP contribution in [0.4, 0.5) is 9.93 Å². The largest absolute Gasteiger partial charge is 0.493 e. The van der Waals surface area contributed by atoms with Crippen molar-refractivity contribution in [3.8, 4) is 11.5 Å². The van der Waals surface area contributed by atoms with Crippen LogP contribution in [0.2, 0.25) is 0 Å². The van der Waals surface area contributed by atoms with E-state index in [9.17, 15) is 4.79 Å². The highest BCUT2D eigenvalue weighted by Gasteiger charge is 2.23. The van der Waals surface area contributed by atoms with Crippen molar-refractivity contribution >= 4 is 22.5 Å². The molecule has 1 N–H and O–H groups in total. The fraction of sp³-hybridized carbons (Fsp3) is 0.412. The first-order valence-electron chi connectivity index (χ1n) is 7.89. The number of nitrogens with one attached hydrogen (secondary N) is 1. The topological polar surface area (TPSA) is 63.7 Å². The summed E-state index contributed by atoms with van der Waals surface area (Å²) in [7, 11) is 3.25. The monoisotopic (exact) mass is 347 g/mol. The molecule has 1 aliphatic heterocycles. The number of nitrogens with zero attached hydrogens (tertiary/aromatic N) is 2. The molecule has 0 bridgehead atoms. The summed E-state index contributed by atoms with van der Waals surface area (Å²) in [6, 6.07) is 3.83. The number of anilines is 1. The Morgan fingerprint density at radius 3 is 2.62 bits per heavy atom. The first kappa shape index (κ1) is 16.6. The zero-order chi connectivity index (χ0) is 17.1. The highest BCUT2D eigenvalue weighted by Crippen LogP contribution is 2.33. The van der Waals surface area contributed by atoms with Crippen LogP contribution in [0.5, 0.6) is 11.5 Å². The second kappa shape index (κ2) is 7.09. The first-order chi connectivity index (χ1) is 11.6. The summed E-state index contributed by atoms with van der Waals surface area (Å²) >= 11 is 1.52. The Labute approximate surface area is 145 Å². The Morgan fingerprint density at radius 1 is 1.29 bits per heavy atom. The lowest BCUT2D eigenvalue weighted by Gasteiger charge is -2.29. The van der Waals surface area contributed by atoms with Gasteiger partial charge in [-0.1, -0.05) is 6.92 Å². The Bertz CT molecular complexity index is 745. The van der Waals surface area contributed by atoms with Gasteiger partial charge in [0.25, 0.3) is 0 Å². The second-order valence-corrected chi connectivity index (χ2v) is 6.68. The van der Waals surface area contributed by atoms with Gasteiger partial charge in [-0.05, 0) is 36.1 Å². The number of amides is 2. The number of hydrogen-bond acceptors (Lipinski definition) is 5. The minimum absolute atomic E-state index is 0.118. The fourth-order valence-corrected chi connectivity index (χ4v) is 3.50. The molecule has 1 aliphatic rings. The Kier molecular flexibility index (Phi) is 4.89. The van der Waals surface area contributed by atoms with E-state index in [1.807, 2.05) is 18.3 Å². The van der Waals surface area contributed by atoms with Crippen molar-refractivity contribution in [1.29, 1.82) is 0 Å². The van der Waals surface area contributed by atoms with Crippen LogP contribution in [0.1, 0.15) is 22.9 Å². The molecule has 0 radical (unpaired) electrons. The number of benzene rings is 1. The Hall–Kier alpha value is -2.28. The number of fused-ring (bicyclic) bond motifs is 1. The van der Waals surface area contributed by atoms with Gasteiger partial charge in [-0.2, -0.15) is 0 Å². The average molecular weight is 347 g/mol. The van der Waals surface area contributed by atoms with Gasteiger partial charge in [0.15, 0.2) is 16.6 Å². The van der Waals surface area contributed by atoms with Crippen LogP contribution in [-0.2, 0) is 19.4 Å². The molecule has 7 heteroatoms. The van der Waals surface area contributed by atoms with Crippen LogP contribution in [0.25, 0.3) is 0 Å². The number of aryl methyl sites for hydroxylation is 1. The van der Waals surface area contributed by atoms with Gasteiger partial charge in [0.05, 0.1) is 14.2 Å². The average Bonchev–Trinajstić information content (AvgIpc) is 3.07. The van der Waals surface area contributed by atoms with Crippen molar-refractivity contribution in [2.24, 2.45) is 0 Å². The number of aromatic nitrogens is 1. The third-order valence-electron chi connectivity index (χ3n) is 4.12. The van der Waals surface area contributed by atoms with E-state index in [0.29, 0.717) is 24.0 Å². The van der Waals surface area contributed by atoms with E-state index in [0.717, 1.165) is 29.0 Å². The molecule has 0 fully saturated rings. The lowest BCUT2D eigenvalue weighted by Crippen LogP contribution is -2.38. The molecule has 1 aromatic carbocycles. The molecule has 1 aromatic heterocycles. The number of thiazole rings is 1. The smallest absolute Gasteiger partial charge is 0.323 e. The van der Waals surface area contributed by atoms with Crippen molar-refractivity contribution in [3.63, 3.8) is 0 Å². The Morgan fingerprint density at radius 2 is 2.00 bits per heavy atom. The summed E-state index contributed by atoms with van der Waals surface area (Å²) in [4.78, 5) is 19.7. The van der Waals surface area contributed by atoms with Crippen molar-refractivity contribution in [2.75, 3.05) is 26.1 Å². The van der Waals surface area contributed by atoms with Crippen molar-refractivity contribution < 1.29 is 14.3 Å². The predicted molar refractivity (Wildman–Crippen MR) is 94.2 cm³/mol. The molecule has 128 valence electrons. The first-order valence-corrected chi connectivity index (χ1v) is 8.70. The van der Waals surface area contributed by atoms with E-state index in [4.69, 9.17) is 9.47 Å². The van der Waals surface area contributed by atoms with E-state index < -0.39 is 0 Å². The number of rotatable bonds is 4. The molecular weight excluding hydrogens is 326 g/mol. The van der Waals surface area contributed by atoms with Gasteiger partial charge >= 0.3 is 6.03 Å². The van der Waals surface area contributed by atoms with Crippen LogP contribution >= 0.6 is 11.3 Å². The zero-order valence-corrected chi connectivity index (χ0v) is 14.9. The summed E-state index contributed by atoms with van der Waals surface area (Å²) in [5, 5.41) is 3.53. The molecule has 0 saturated heterocycles. The summed E-state index contributed by atoms with van der Waals surface area (Å²) in [6.45, 7) is 3.29. The molecule has 0 aliphatic carbocycles. The number of urea groups is 1. The SMILES string of the molecule is CCc1cnc(NC(=O)N2CCc3cc(OC)c(OC)cc3C2)s1. The van der Waals surface area contributed by atoms with Gasteiger partial charge in [0.2, 0.25) is 0 Å². The van der Waals surface area contributed by atoms with Crippen LogP contribution < -0.4 is 14.8 Å². The molecule has 0 unspecified atom stereocenters. The standard InChI is InChI=1S/C17H21N3O3S/c1-4-13-9-18-16(24-13)19-17(21)20-6-5-11-7-14(22-2)15(23-3)8-12(11)10-20/h7-9H,4-6,10H2,1-3H3,(H,18,19,21). The highest BCUT2D eigenvalue weighted by atomic mass is 32.1. The van der Waals surface area contributed by atoms with E-state index in [2.05, 4.69) is 17.2 Å². The van der Waals surface area contributed by atoms with Gasteiger partial charge in [-0.3, -0.25) is 5.32 Å². The minimum atomic E-state index is -0.118. The number of carbonyl (C=O) groups excluding carboxylic acids is 1. The maximum atomic E-state index is 12.5. The molecule has 24 heavy (non-hydrogen) atoms. The lowest BCUT2D eigenvalue weighted by molar-refractivity contribution is 0.206. The zero-order valence-electron chi connectivity index (χ0n) is 14.1. The number of carbonyl (C=O) groups is 1. The summed E-state index contributed by atoms with van der Waals surface area (Å²) in [5.41, 5.74) is 2.28. The van der Waals surface area contributed by atoms with E-state index in [-0.39, 0.29) is 6.03 Å². The minimum Gasteiger partial charge on any atom is -0.493 e. The second-order valence-electron chi connectivity index (χ2n) is 5.56. The van der Waals surface area contributed by atoms with Crippen LogP contribution in [0.15, 0.2) is 18.3 Å². The van der Waals surface area contributed by atoms with Gasteiger partial charge in [-0.25, -0.2) is 9.78 Å². The lowest BCUT2D eigenvalue weighted by atomic mass is 9.99. The van der Waals surface area contributed by atoms with E-state index in [1.54, 1.807) is 19.1 Å². The maximum Gasteiger partial charge on any atom is 0.323 e. The molecule has 2 aromatic rings. The summed E-state index contributed by atoms with van der Waals surface area (Å²) in [6.07, 6.45) is 3.52. The third kappa shape index (κ3) is 3.31. The van der Waals surface area contributed by atoms with Crippen LogP contribution in [0, 0.1) is 0 Å². The molecular formula is C17H21N3O3S. The highest BCUT2D eigenvalue weighted by molar-refractivity contribution is 7.15. The van der Waals surface area contributed by atoms with Gasteiger partial charge in [-0.15, -0.1) is 11.3 Å². The van der Waals surface area contributed by atoms with Crippen molar-refractivity contribution in [3.05, 3.63) is 34.3 Å². The summed E-state index contributed by atoms with van der Waals surface area (Å²) < 4.78 is 10.7. The van der Waals surface area contributed by atoms with Crippen molar-refractivity contribution in [2.45, 2.75) is 26.3 Å². The molecule has 3 rings (SSSR count). The molecule has 2 heterocycles. The maximum absolute atomic E-state index is 12.5. The molecule has 0 atom stereocenters. The molecule has 0 saturated carbocycles. The van der Waals surface area contributed by atoms with E-state index in [1.165, 1.54) is 16.9 Å². The predicted octanol–water partition coefficient (Wildman–Crippen LogP) is 3.31. The normalized spacial score (nSPS) is 13.4. The van der Waals surface area contributed by atoms with Gasteiger partial charge in [0.1, 0.15) is 0 Å². The van der Waals surface area contributed by atoms with Crippen LogP contribution in [-0.4, -0.2) is 36.7 Å². The van der Waals surface area contributed by atoms with Gasteiger partial charge < -0.3 is 14.4 Å². The Balaban J connectivity index is 1.73. The van der Waals surface area contributed by atoms with Gasteiger partial charge in [0, 0.05) is 24.2 Å². The molecule has 6 nitrogen and oxygen atoms in total. The number of ether oxygens (including phenoxy) is 2. The quantitative estimate of drug-likeness (QED) is 0.921. The number of methoxy groups -OCH3 is 2. The van der Waals surface area contributed by atoms with Crippen molar-refractivity contribution in [1.82, 2.24) is 9.88 Å². The molecule has 0 spiro atoms. The molecule has 2 amide bonds. The summed E-state index contributed by atoms with van der Waals surface area (Å²) in [5.74, 6) is 1.41. The van der Waals surface area contributed by atoms with E-state index >= 15 is 0 Å². The number of hydrogen-bond donors (Lipinski definition) is 1. The fourth-order valence-electron chi connectivity index (χ4n) is 2.76. The third-order valence-corrected chi connectivity index (χ3v) is 5.18.